The smallest absolute Gasteiger partial charge is 0.323 e. The van der Waals surface area contributed by atoms with E-state index in [9.17, 15) is 4.79 Å². The van der Waals surface area contributed by atoms with E-state index in [2.05, 4.69) is 35.8 Å². The van der Waals surface area contributed by atoms with Crippen molar-refractivity contribution < 1.29 is 9.90 Å². The van der Waals surface area contributed by atoms with Crippen LogP contribution in [0.5, 0.6) is 0 Å². The van der Waals surface area contributed by atoms with Gasteiger partial charge in [-0.2, -0.15) is 0 Å². The average molecular weight is 253 g/mol. The summed E-state index contributed by atoms with van der Waals surface area (Å²) in [6.45, 7) is 5.59. The van der Waals surface area contributed by atoms with Crippen molar-refractivity contribution in [1.82, 2.24) is 9.80 Å². The van der Waals surface area contributed by atoms with Crippen LogP contribution in [0, 0.1) is 0 Å². The highest BCUT2D eigenvalue weighted by Crippen LogP contribution is 2.26. The summed E-state index contributed by atoms with van der Waals surface area (Å²) in [7, 11) is 2.06. The van der Waals surface area contributed by atoms with Crippen LogP contribution in [0.2, 0.25) is 0 Å². The Bertz CT molecular complexity index is 322. The Kier molecular flexibility index (Phi) is 5.22. The zero-order chi connectivity index (χ0) is 13.6. The maximum Gasteiger partial charge on any atom is 0.323 e. The molecule has 5 nitrogen and oxygen atoms in total. The van der Waals surface area contributed by atoms with Crippen LogP contribution in [0.1, 0.15) is 25.7 Å². The molecule has 0 radical (unpaired) electrons. The third kappa shape index (κ3) is 4.07. The van der Waals surface area contributed by atoms with Crippen LogP contribution < -0.4 is 5.73 Å². The van der Waals surface area contributed by atoms with Crippen molar-refractivity contribution in [2.75, 3.05) is 20.3 Å². The van der Waals surface area contributed by atoms with E-state index >= 15 is 0 Å². The minimum Gasteiger partial charge on any atom is -0.480 e. The van der Waals surface area contributed by atoms with Gasteiger partial charge in [0, 0.05) is 26.0 Å². The van der Waals surface area contributed by atoms with Gasteiger partial charge in [0.25, 0.3) is 0 Å². The molecule has 1 aliphatic heterocycles. The Labute approximate surface area is 109 Å². The first kappa shape index (κ1) is 14.6. The molecule has 0 saturated heterocycles. The standard InChI is InChI=1S/C7H12N2.C6H11NO2/c1-3-4-9-6-5-8(2)7-9;7-6(5(8)9)3-1-2-4-6/h3,5-6H,1,4,7H2,2H3;1-4,7H2,(H,8,9). The molecule has 1 aliphatic carbocycles. The van der Waals surface area contributed by atoms with Crippen molar-refractivity contribution in [3.8, 4) is 0 Å². The molecule has 2 rings (SSSR count). The predicted octanol–water partition coefficient (Wildman–Crippen LogP) is 1.19. The van der Waals surface area contributed by atoms with Gasteiger partial charge in [-0.1, -0.05) is 18.9 Å². The molecule has 5 heteroatoms. The minimum atomic E-state index is -0.889. The van der Waals surface area contributed by atoms with Crippen molar-refractivity contribution in [3.63, 3.8) is 0 Å². The van der Waals surface area contributed by atoms with Gasteiger partial charge in [0.15, 0.2) is 0 Å². The summed E-state index contributed by atoms with van der Waals surface area (Å²) < 4.78 is 0. The summed E-state index contributed by atoms with van der Waals surface area (Å²) in [6.07, 6.45) is 9.24. The number of carboxylic acid groups (broad SMARTS) is 1. The highest BCUT2D eigenvalue weighted by atomic mass is 16.4. The minimum absolute atomic E-state index is 0.641. The number of nitrogens with zero attached hydrogens (tertiary/aromatic N) is 2. The van der Waals surface area contributed by atoms with Gasteiger partial charge >= 0.3 is 5.97 Å². The molecule has 102 valence electrons. The van der Waals surface area contributed by atoms with Gasteiger partial charge in [0.05, 0.1) is 6.67 Å². The zero-order valence-corrected chi connectivity index (χ0v) is 11.0. The van der Waals surface area contributed by atoms with Gasteiger partial charge in [0.1, 0.15) is 5.54 Å². The molecule has 1 fully saturated rings. The molecule has 0 aromatic rings. The molecule has 0 amide bonds. The number of hydrogen-bond donors (Lipinski definition) is 2. The lowest BCUT2D eigenvalue weighted by atomic mass is 10.0. The van der Waals surface area contributed by atoms with E-state index in [1.165, 1.54) is 0 Å². The molecular formula is C13H23N3O2. The molecule has 0 unspecified atom stereocenters. The largest absolute Gasteiger partial charge is 0.480 e. The van der Waals surface area contributed by atoms with E-state index in [1.807, 2.05) is 6.08 Å². The number of nitrogens with two attached hydrogens (primary N) is 1. The van der Waals surface area contributed by atoms with Crippen molar-refractivity contribution in [3.05, 3.63) is 25.1 Å². The summed E-state index contributed by atoms with van der Waals surface area (Å²) in [5.41, 5.74) is 4.61. The highest BCUT2D eigenvalue weighted by molar-refractivity contribution is 5.78. The van der Waals surface area contributed by atoms with Gasteiger partial charge in [-0.15, -0.1) is 6.58 Å². The molecule has 0 aromatic heterocycles. The normalized spacial score (nSPS) is 20.6. The number of rotatable bonds is 3. The molecule has 0 spiro atoms. The third-order valence-electron chi connectivity index (χ3n) is 3.22. The van der Waals surface area contributed by atoms with Crippen LogP contribution in [-0.2, 0) is 4.79 Å². The van der Waals surface area contributed by atoms with E-state index in [0.717, 1.165) is 26.1 Å². The molecule has 2 aliphatic rings. The van der Waals surface area contributed by atoms with Crippen molar-refractivity contribution in [2.24, 2.45) is 5.73 Å². The van der Waals surface area contributed by atoms with Gasteiger partial charge in [-0.3, -0.25) is 4.79 Å². The molecule has 1 saturated carbocycles. The van der Waals surface area contributed by atoms with Crippen LogP contribution in [-0.4, -0.2) is 46.7 Å². The fraction of sp³-hybridized carbons (Fsp3) is 0.615. The number of hydrogen-bond acceptors (Lipinski definition) is 4. The zero-order valence-electron chi connectivity index (χ0n) is 11.0. The maximum absolute atomic E-state index is 10.4. The van der Waals surface area contributed by atoms with Crippen LogP contribution in [0.3, 0.4) is 0 Å². The van der Waals surface area contributed by atoms with Gasteiger partial charge in [-0.25, -0.2) is 0 Å². The second-order valence-corrected chi connectivity index (χ2v) is 4.92. The van der Waals surface area contributed by atoms with Gasteiger partial charge in [-0.05, 0) is 12.8 Å². The first-order valence-corrected chi connectivity index (χ1v) is 6.24. The van der Waals surface area contributed by atoms with E-state index in [0.29, 0.717) is 12.8 Å². The second kappa shape index (κ2) is 6.44. The first-order chi connectivity index (χ1) is 8.48. The fourth-order valence-corrected chi connectivity index (χ4v) is 2.09. The summed E-state index contributed by atoms with van der Waals surface area (Å²) in [4.78, 5) is 14.7. The quantitative estimate of drug-likeness (QED) is 0.739. The highest BCUT2D eigenvalue weighted by Gasteiger charge is 2.36. The van der Waals surface area contributed by atoms with E-state index in [-0.39, 0.29) is 0 Å². The Morgan fingerprint density at radius 1 is 1.50 bits per heavy atom. The Hall–Kier alpha value is -1.49. The third-order valence-corrected chi connectivity index (χ3v) is 3.22. The fourth-order valence-electron chi connectivity index (χ4n) is 2.09. The molecule has 18 heavy (non-hydrogen) atoms. The Balaban J connectivity index is 0.000000180. The van der Waals surface area contributed by atoms with Crippen molar-refractivity contribution in [2.45, 2.75) is 31.2 Å². The molecule has 0 bridgehead atoms. The van der Waals surface area contributed by atoms with Gasteiger partial charge < -0.3 is 20.6 Å². The molecule has 0 aromatic carbocycles. The lowest BCUT2D eigenvalue weighted by Gasteiger charge is -2.15. The van der Waals surface area contributed by atoms with E-state index in [4.69, 9.17) is 10.8 Å². The van der Waals surface area contributed by atoms with E-state index < -0.39 is 11.5 Å². The van der Waals surface area contributed by atoms with E-state index in [1.54, 1.807) is 0 Å². The summed E-state index contributed by atoms with van der Waals surface area (Å²) in [5, 5.41) is 8.55. The first-order valence-electron chi connectivity index (χ1n) is 6.24. The summed E-state index contributed by atoms with van der Waals surface area (Å²) >= 11 is 0. The number of carboxylic acids is 1. The molecule has 0 atom stereocenters. The average Bonchev–Trinajstić information content (AvgIpc) is 2.90. The predicted molar refractivity (Wildman–Crippen MR) is 71.7 cm³/mol. The number of carbonyl (C=O) groups is 1. The second-order valence-electron chi connectivity index (χ2n) is 4.92. The molecule has 3 N–H and O–H groups in total. The Morgan fingerprint density at radius 2 is 2.11 bits per heavy atom. The molecule has 1 heterocycles. The lowest BCUT2D eigenvalue weighted by Crippen LogP contribution is -2.44. The maximum atomic E-state index is 10.4. The van der Waals surface area contributed by atoms with Gasteiger partial charge in [0.2, 0.25) is 0 Å². The van der Waals surface area contributed by atoms with Crippen LogP contribution in [0.15, 0.2) is 25.1 Å². The van der Waals surface area contributed by atoms with Crippen LogP contribution >= 0.6 is 0 Å². The SMILES string of the molecule is C=CCN1C=CN(C)C1.NC1(C(=O)O)CCCC1. The number of aliphatic carboxylic acids is 1. The van der Waals surface area contributed by atoms with Crippen LogP contribution in [0.25, 0.3) is 0 Å². The monoisotopic (exact) mass is 253 g/mol. The molecular weight excluding hydrogens is 230 g/mol. The van der Waals surface area contributed by atoms with Crippen molar-refractivity contribution >= 4 is 5.97 Å². The lowest BCUT2D eigenvalue weighted by molar-refractivity contribution is -0.143. The van der Waals surface area contributed by atoms with Crippen molar-refractivity contribution in [1.29, 1.82) is 0 Å². The topological polar surface area (TPSA) is 69.8 Å². The summed E-state index contributed by atoms with van der Waals surface area (Å²) in [5.74, 6) is -0.847. The van der Waals surface area contributed by atoms with Crippen LogP contribution in [0.4, 0.5) is 0 Å². The summed E-state index contributed by atoms with van der Waals surface area (Å²) in [6, 6.07) is 0. The Morgan fingerprint density at radius 3 is 2.44 bits per heavy atom.